The van der Waals surface area contributed by atoms with E-state index in [1.54, 1.807) is 25.7 Å². The average molecular weight is 389 g/mol. The lowest BCUT2D eigenvalue weighted by Gasteiger charge is -2.32. The van der Waals surface area contributed by atoms with E-state index >= 15 is 0 Å². The fourth-order valence-electron chi connectivity index (χ4n) is 3.00. The molecule has 2 N–H and O–H groups in total. The topological polar surface area (TPSA) is 87.7 Å². The molecule has 0 aromatic heterocycles. The molecule has 0 spiro atoms. The van der Waals surface area contributed by atoms with E-state index in [1.165, 1.54) is 0 Å². The molecule has 2 rings (SSSR count). The highest BCUT2D eigenvalue weighted by molar-refractivity contribution is 5.94. The Morgan fingerprint density at radius 1 is 1.07 bits per heavy atom. The maximum absolute atomic E-state index is 12.2. The Labute approximate surface area is 166 Å². The minimum absolute atomic E-state index is 0.0657. The van der Waals surface area contributed by atoms with Crippen LogP contribution < -0.4 is 10.6 Å². The highest BCUT2D eigenvalue weighted by Gasteiger charge is 2.24. The maximum atomic E-state index is 12.2. The van der Waals surface area contributed by atoms with E-state index in [0.717, 1.165) is 18.4 Å². The van der Waals surface area contributed by atoms with Crippen LogP contribution in [0.4, 0.5) is 4.79 Å². The predicted molar refractivity (Wildman–Crippen MR) is 107 cm³/mol. The Balaban J connectivity index is 1.67. The molecule has 28 heavy (non-hydrogen) atoms. The number of hydrogen-bond acceptors (Lipinski definition) is 4. The van der Waals surface area contributed by atoms with Crippen molar-refractivity contribution in [2.75, 3.05) is 26.2 Å². The van der Waals surface area contributed by atoms with Gasteiger partial charge in [-0.25, -0.2) is 4.79 Å². The Hall–Kier alpha value is -2.57. The molecule has 1 aliphatic rings. The van der Waals surface area contributed by atoms with Crippen LogP contribution in [0.25, 0.3) is 0 Å². The van der Waals surface area contributed by atoms with Gasteiger partial charge in [0.25, 0.3) is 5.91 Å². The number of amides is 3. The SMILES string of the molecule is Cc1ccc(C(=O)NCC2CCN(C(=O)CNC(=O)OC(C)(C)C)CC2)cc1. The molecule has 0 bridgehead atoms. The quantitative estimate of drug-likeness (QED) is 0.810. The Morgan fingerprint density at radius 3 is 2.25 bits per heavy atom. The lowest BCUT2D eigenvalue weighted by atomic mass is 9.96. The average Bonchev–Trinajstić information content (AvgIpc) is 2.64. The third-order valence-corrected chi connectivity index (χ3v) is 4.62. The summed E-state index contributed by atoms with van der Waals surface area (Å²) in [7, 11) is 0. The molecule has 1 fully saturated rings. The third kappa shape index (κ3) is 7.21. The zero-order valence-electron chi connectivity index (χ0n) is 17.2. The molecular weight excluding hydrogens is 358 g/mol. The van der Waals surface area contributed by atoms with Gasteiger partial charge in [0.2, 0.25) is 5.91 Å². The van der Waals surface area contributed by atoms with Gasteiger partial charge in [0.1, 0.15) is 12.1 Å². The standard InChI is InChI=1S/C21H31N3O4/c1-15-5-7-17(8-6-15)19(26)22-13-16-9-11-24(12-10-16)18(25)14-23-20(27)28-21(2,3)4/h5-8,16H,9-14H2,1-4H3,(H,22,26)(H,23,27). The van der Waals surface area contributed by atoms with E-state index in [-0.39, 0.29) is 18.4 Å². The van der Waals surface area contributed by atoms with E-state index in [4.69, 9.17) is 4.74 Å². The number of hydrogen-bond donors (Lipinski definition) is 2. The normalized spacial score (nSPS) is 15.1. The van der Waals surface area contributed by atoms with Crippen LogP contribution in [0.5, 0.6) is 0 Å². The second kappa shape index (κ2) is 9.57. The summed E-state index contributed by atoms with van der Waals surface area (Å²) < 4.78 is 5.13. The molecule has 3 amide bonds. The summed E-state index contributed by atoms with van der Waals surface area (Å²) in [5.74, 6) is 0.158. The van der Waals surface area contributed by atoms with Crippen molar-refractivity contribution in [2.45, 2.75) is 46.1 Å². The number of piperidine rings is 1. The van der Waals surface area contributed by atoms with E-state index in [9.17, 15) is 14.4 Å². The number of carbonyl (C=O) groups is 3. The second-order valence-electron chi connectivity index (χ2n) is 8.26. The van der Waals surface area contributed by atoms with Crippen molar-refractivity contribution in [2.24, 2.45) is 5.92 Å². The van der Waals surface area contributed by atoms with Crippen molar-refractivity contribution < 1.29 is 19.1 Å². The zero-order chi connectivity index (χ0) is 20.7. The van der Waals surface area contributed by atoms with Gasteiger partial charge in [0, 0.05) is 25.2 Å². The van der Waals surface area contributed by atoms with Crippen LogP contribution in [0, 0.1) is 12.8 Å². The lowest BCUT2D eigenvalue weighted by molar-refractivity contribution is -0.131. The molecule has 1 aromatic rings. The summed E-state index contributed by atoms with van der Waals surface area (Å²) in [5.41, 5.74) is 1.19. The van der Waals surface area contributed by atoms with Crippen LogP contribution in [0.1, 0.15) is 49.5 Å². The molecule has 0 saturated carbocycles. The number of aryl methyl sites for hydroxylation is 1. The van der Waals surface area contributed by atoms with Gasteiger partial charge in [-0.2, -0.15) is 0 Å². The molecule has 0 aliphatic carbocycles. The van der Waals surface area contributed by atoms with Gasteiger partial charge < -0.3 is 20.3 Å². The van der Waals surface area contributed by atoms with E-state index in [2.05, 4.69) is 10.6 Å². The molecule has 1 aromatic carbocycles. The summed E-state index contributed by atoms with van der Waals surface area (Å²) >= 11 is 0. The lowest BCUT2D eigenvalue weighted by Crippen LogP contribution is -2.46. The van der Waals surface area contributed by atoms with Crippen molar-refractivity contribution >= 4 is 17.9 Å². The van der Waals surface area contributed by atoms with Crippen LogP contribution in [0.3, 0.4) is 0 Å². The molecule has 1 heterocycles. The van der Waals surface area contributed by atoms with Gasteiger partial charge in [0.15, 0.2) is 0 Å². The summed E-state index contributed by atoms with van der Waals surface area (Å²) in [4.78, 5) is 37.8. The Morgan fingerprint density at radius 2 is 1.68 bits per heavy atom. The molecule has 1 saturated heterocycles. The fourth-order valence-corrected chi connectivity index (χ4v) is 3.00. The van der Waals surface area contributed by atoms with Gasteiger partial charge in [-0.1, -0.05) is 17.7 Å². The second-order valence-corrected chi connectivity index (χ2v) is 8.26. The first-order valence-corrected chi connectivity index (χ1v) is 9.73. The predicted octanol–water partition coefficient (Wildman–Crippen LogP) is 2.49. The van der Waals surface area contributed by atoms with Crippen LogP contribution in [0.2, 0.25) is 0 Å². The van der Waals surface area contributed by atoms with Crippen LogP contribution in [-0.2, 0) is 9.53 Å². The molecule has 7 nitrogen and oxygen atoms in total. The number of nitrogens with one attached hydrogen (secondary N) is 2. The summed E-state index contributed by atoms with van der Waals surface area (Å²) in [6.07, 6.45) is 1.06. The third-order valence-electron chi connectivity index (χ3n) is 4.62. The summed E-state index contributed by atoms with van der Waals surface area (Å²) in [5, 5.41) is 5.48. The van der Waals surface area contributed by atoms with Crippen molar-refractivity contribution in [3.63, 3.8) is 0 Å². The molecule has 7 heteroatoms. The van der Waals surface area contributed by atoms with E-state index < -0.39 is 11.7 Å². The zero-order valence-corrected chi connectivity index (χ0v) is 17.2. The highest BCUT2D eigenvalue weighted by atomic mass is 16.6. The number of benzene rings is 1. The van der Waals surface area contributed by atoms with Crippen molar-refractivity contribution in [3.8, 4) is 0 Å². The molecule has 0 atom stereocenters. The Kier molecular flexibility index (Phi) is 7.43. The number of likely N-dealkylation sites (tertiary alicyclic amines) is 1. The summed E-state index contributed by atoms with van der Waals surface area (Å²) in [6, 6.07) is 7.49. The maximum Gasteiger partial charge on any atom is 0.408 e. The van der Waals surface area contributed by atoms with Crippen molar-refractivity contribution in [1.29, 1.82) is 0 Å². The first-order chi connectivity index (χ1) is 13.1. The first-order valence-electron chi connectivity index (χ1n) is 9.73. The van der Waals surface area contributed by atoms with Crippen molar-refractivity contribution in [1.82, 2.24) is 15.5 Å². The van der Waals surface area contributed by atoms with Crippen molar-refractivity contribution in [3.05, 3.63) is 35.4 Å². The number of ether oxygens (including phenoxy) is 1. The molecule has 0 radical (unpaired) electrons. The largest absolute Gasteiger partial charge is 0.444 e. The van der Waals surface area contributed by atoms with Gasteiger partial charge in [-0.15, -0.1) is 0 Å². The monoisotopic (exact) mass is 389 g/mol. The van der Waals surface area contributed by atoms with Gasteiger partial charge in [0.05, 0.1) is 0 Å². The van der Waals surface area contributed by atoms with Gasteiger partial charge in [-0.05, 0) is 58.6 Å². The highest BCUT2D eigenvalue weighted by Crippen LogP contribution is 2.16. The Bertz CT molecular complexity index is 687. The number of nitrogens with zero attached hydrogens (tertiary/aromatic N) is 1. The van der Waals surface area contributed by atoms with Crippen LogP contribution in [-0.4, -0.2) is 54.6 Å². The molecule has 154 valence electrons. The molecule has 1 aliphatic heterocycles. The van der Waals surface area contributed by atoms with Gasteiger partial charge >= 0.3 is 6.09 Å². The molecular formula is C21H31N3O4. The molecule has 0 unspecified atom stereocenters. The van der Waals surface area contributed by atoms with E-state index in [0.29, 0.717) is 31.1 Å². The fraction of sp³-hybridized carbons (Fsp3) is 0.571. The van der Waals surface area contributed by atoms with Gasteiger partial charge in [-0.3, -0.25) is 9.59 Å². The first kappa shape index (κ1) is 21.7. The number of rotatable bonds is 5. The van der Waals surface area contributed by atoms with Crippen LogP contribution >= 0.6 is 0 Å². The van der Waals surface area contributed by atoms with E-state index in [1.807, 2.05) is 31.2 Å². The minimum atomic E-state index is -0.589. The minimum Gasteiger partial charge on any atom is -0.444 e. The number of alkyl carbamates (subject to hydrolysis) is 1. The number of carbonyl (C=O) groups excluding carboxylic acids is 3. The summed E-state index contributed by atoms with van der Waals surface area (Å²) in [6.45, 7) is 9.10. The smallest absolute Gasteiger partial charge is 0.408 e. The van der Waals surface area contributed by atoms with Crippen LogP contribution in [0.15, 0.2) is 24.3 Å².